The van der Waals surface area contributed by atoms with E-state index < -0.39 is 10.5 Å². The molecule has 2 nitrogen and oxygen atoms in total. The van der Waals surface area contributed by atoms with Crippen LogP contribution in [0.25, 0.3) is 0 Å². The molecule has 1 rings (SSSR count). The number of para-hydroxylation sites is 1. The van der Waals surface area contributed by atoms with Crippen LogP contribution in [0.1, 0.15) is 6.42 Å². The molecule has 0 fully saturated rings. The van der Waals surface area contributed by atoms with Crippen LogP contribution in [0.4, 0.5) is 5.69 Å². The van der Waals surface area contributed by atoms with E-state index in [0.717, 1.165) is 0 Å². The van der Waals surface area contributed by atoms with E-state index in [2.05, 4.69) is 5.32 Å². The van der Waals surface area contributed by atoms with Gasteiger partial charge in [0.1, 0.15) is 0 Å². The fourth-order valence-corrected chi connectivity index (χ4v) is 3.76. The fraction of sp³-hybridized carbons (Fsp3) is 0.222. The molecule has 1 N–H and O–H groups in total. The number of hydrogen-bond donors (Lipinski definition) is 1. The Kier molecular flexibility index (Phi) is 5.74. The van der Waals surface area contributed by atoms with E-state index in [1.165, 1.54) is 0 Å². The maximum absolute atomic E-state index is 11.5. The van der Waals surface area contributed by atoms with Crippen molar-refractivity contribution in [1.29, 1.82) is 0 Å². The number of hydrogen-bond acceptors (Lipinski definition) is 1. The average Bonchev–Trinajstić information content (AvgIpc) is 2.18. The number of anilines is 1. The third kappa shape index (κ3) is 5.64. The SMILES string of the molecule is O=C(C[CH2][Ge]([Cl])([Cl])[Cl])Nc1ccccc1Cl. The molecular weight excluding hydrogens is 353 g/mol. The molecule has 0 heterocycles. The fourth-order valence-electron chi connectivity index (χ4n) is 1.03. The number of nitrogens with one attached hydrogen (secondary N) is 1. The average molecular weight is 362 g/mol. The standard InChI is InChI=1S/C9H9Cl4GeNO/c10-7-3-1-2-4-8(7)15-9(16)5-6-14(11,12)13/h1-4H,5-6H2,(H,15,16). The Morgan fingerprint density at radius 2 is 1.88 bits per heavy atom. The molecule has 1 amide bonds. The van der Waals surface area contributed by atoms with Crippen molar-refractivity contribution < 1.29 is 4.79 Å². The predicted octanol–water partition coefficient (Wildman–Crippen LogP) is 4.32. The van der Waals surface area contributed by atoms with Crippen molar-refractivity contribution in [2.24, 2.45) is 0 Å². The molecule has 1 aromatic carbocycles. The number of rotatable bonds is 4. The van der Waals surface area contributed by atoms with Gasteiger partial charge in [0.05, 0.1) is 0 Å². The van der Waals surface area contributed by atoms with Crippen molar-refractivity contribution in [3.63, 3.8) is 0 Å². The monoisotopic (exact) mass is 361 g/mol. The van der Waals surface area contributed by atoms with Crippen molar-refractivity contribution in [3.05, 3.63) is 29.3 Å². The van der Waals surface area contributed by atoms with Gasteiger partial charge in [-0.2, -0.15) is 0 Å². The topological polar surface area (TPSA) is 29.1 Å². The zero-order chi connectivity index (χ0) is 12.2. The van der Waals surface area contributed by atoms with Gasteiger partial charge in [-0.05, 0) is 0 Å². The summed E-state index contributed by atoms with van der Waals surface area (Å²) in [7, 11) is 14.0. The minimum absolute atomic E-state index is 0.190. The first-order valence-electron chi connectivity index (χ1n) is 4.49. The molecule has 0 bridgehead atoms. The van der Waals surface area contributed by atoms with E-state index in [1.807, 2.05) is 0 Å². The van der Waals surface area contributed by atoms with Crippen LogP contribution in [0, 0.1) is 0 Å². The van der Waals surface area contributed by atoms with Gasteiger partial charge < -0.3 is 0 Å². The molecule has 7 heteroatoms. The molecule has 0 aliphatic carbocycles. The summed E-state index contributed by atoms with van der Waals surface area (Å²) < 4.78 is 0. The summed E-state index contributed by atoms with van der Waals surface area (Å²) in [4.78, 5) is 11.5. The molecule has 0 saturated carbocycles. The first kappa shape index (κ1) is 14.5. The van der Waals surface area contributed by atoms with Gasteiger partial charge >= 0.3 is 115 Å². The first-order valence-corrected chi connectivity index (χ1v) is 14.6. The van der Waals surface area contributed by atoms with Gasteiger partial charge in [-0.25, -0.2) is 0 Å². The van der Waals surface area contributed by atoms with Crippen LogP contribution < -0.4 is 5.32 Å². The second-order valence-corrected chi connectivity index (χ2v) is 20.3. The third-order valence-corrected chi connectivity index (χ3v) is 6.77. The van der Waals surface area contributed by atoms with Crippen LogP contribution in [0.15, 0.2) is 24.3 Å². The summed E-state index contributed by atoms with van der Waals surface area (Å²) in [6, 6.07) is 6.99. The molecule has 0 aromatic heterocycles. The quantitative estimate of drug-likeness (QED) is 0.795. The molecule has 0 aliphatic heterocycles. The van der Waals surface area contributed by atoms with E-state index in [4.69, 9.17) is 41.6 Å². The van der Waals surface area contributed by atoms with Gasteiger partial charge in [0.2, 0.25) is 0 Å². The molecule has 0 spiro atoms. The molecular formula is C9H9Cl4GeNO. The van der Waals surface area contributed by atoms with Crippen LogP contribution in [-0.4, -0.2) is 16.4 Å². The molecule has 88 valence electrons. The second kappa shape index (κ2) is 6.36. The molecule has 0 aliphatic rings. The van der Waals surface area contributed by atoms with Gasteiger partial charge in [-0.3, -0.25) is 0 Å². The Morgan fingerprint density at radius 3 is 2.44 bits per heavy atom. The Balaban J connectivity index is 2.50. The summed E-state index contributed by atoms with van der Waals surface area (Å²) in [5, 5.41) is 3.51. The number of benzene rings is 1. The van der Waals surface area contributed by atoms with E-state index >= 15 is 0 Å². The van der Waals surface area contributed by atoms with Gasteiger partial charge in [-0.15, -0.1) is 0 Å². The third-order valence-electron chi connectivity index (χ3n) is 1.78. The summed E-state index contributed by atoms with van der Waals surface area (Å²) in [5.41, 5.74) is 0.575. The number of amides is 1. The van der Waals surface area contributed by atoms with Crippen LogP contribution in [-0.2, 0) is 4.79 Å². The molecule has 16 heavy (non-hydrogen) atoms. The van der Waals surface area contributed by atoms with Crippen LogP contribution >= 0.6 is 41.6 Å². The first-order chi connectivity index (χ1) is 7.38. The molecule has 0 radical (unpaired) electrons. The number of carbonyl (C=O) groups excluding carboxylic acids is 1. The van der Waals surface area contributed by atoms with Crippen LogP contribution in [0.5, 0.6) is 0 Å². The molecule has 0 saturated heterocycles. The predicted molar refractivity (Wildman–Crippen MR) is 72.8 cm³/mol. The van der Waals surface area contributed by atoms with Gasteiger partial charge in [-0.1, -0.05) is 0 Å². The van der Waals surface area contributed by atoms with Crippen molar-refractivity contribution in [3.8, 4) is 0 Å². The Morgan fingerprint density at radius 1 is 1.25 bits per heavy atom. The summed E-state index contributed by atoms with van der Waals surface area (Å²) in [6.45, 7) is 0. The van der Waals surface area contributed by atoms with Crippen LogP contribution in [0.3, 0.4) is 0 Å². The zero-order valence-corrected chi connectivity index (χ0v) is 13.3. The maximum atomic E-state index is 11.5. The normalized spacial score (nSPS) is 11.2. The number of halogens is 4. The minimum atomic E-state index is -3.19. The van der Waals surface area contributed by atoms with Crippen molar-refractivity contribution in [1.82, 2.24) is 0 Å². The van der Waals surface area contributed by atoms with Gasteiger partial charge in [0.15, 0.2) is 0 Å². The van der Waals surface area contributed by atoms with E-state index in [1.54, 1.807) is 24.3 Å². The summed E-state index contributed by atoms with van der Waals surface area (Å²) in [5.74, 6) is -0.190. The summed E-state index contributed by atoms with van der Waals surface area (Å²) in [6.07, 6.45) is 0.210. The Labute approximate surface area is 114 Å². The Hall–Kier alpha value is 0.393. The van der Waals surface area contributed by atoms with Gasteiger partial charge in [0, 0.05) is 0 Å². The number of carbonyl (C=O) groups is 1. The van der Waals surface area contributed by atoms with Crippen molar-refractivity contribution in [2.45, 2.75) is 11.7 Å². The Bertz CT molecular complexity index is 380. The molecule has 0 unspecified atom stereocenters. The van der Waals surface area contributed by atoms with E-state index in [9.17, 15) is 4.79 Å². The van der Waals surface area contributed by atoms with Crippen molar-refractivity contribution in [2.75, 3.05) is 5.32 Å². The summed E-state index contributed by atoms with van der Waals surface area (Å²) >= 11 is 5.88. The van der Waals surface area contributed by atoms with E-state index in [0.29, 0.717) is 16.0 Å². The van der Waals surface area contributed by atoms with E-state index in [-0.39, 0.29) is 12.3 Å². The second-order valence-electron chi connectivity index (χ2n) is 3.14. The molecule has 0 atom stereocenters. The van der Waals surface area contributed by atoms with Gasteiger partial charge in [0.25, 0.3) is 0 Å². The molecule has 1 aromatic rings. The zero-order valence-electron chi connectivity index (χ0n) is 8.14. The van der Waals surface area contributed by atoms with Crippen LogP contribution in [0.2, 0.25) is 10.3 Å². The van der Waals surface area contributed by atoms with Crippen molar-refractivity contribution >= 4 is 63.7 Å².